The molecule has 2 N–H and O–H groups in total. The Morgan fingerprint density at radius 3 is 3.20 bits per heavy atom. The van der Waals surface area contributed by atoms with Crippen LogP contribution in [-0.2, 0) is 16.1 Å². The second kappa shape index (κ2) is 5.46. The number of nitrogens with zero attached hydrogens (tertiary/aromatic N) is 1. The molecule has 1 aliphatic heterocycles. The topological polar surface area (TPSA) is 84.2 Å². The van der Waals surface area contributed by atoms with Crippen LogP contribution >= 0.6 is 11.3 Å². The quantitative estimate of drug-likeness (QED) is 0.889. The number of carbonyl (C=O) groups excluding carboxylic acids is 2. The number of nitrogens with one attached hydrogen (secondary N) is 2. The molecule has 1 saturated heterocycles. The highest BCUT2D eigenvalue weighted by Crippen LogP contribution is 2.25. The molecule has 0 bridgehead atoms. The molecule has 3 rings (SSSR count). The van der Waals surface area contributed by atoms with E-state index in [0.717, 1.165) is 4.88 Å². The van der Waals surface area contributed by atoms with Crippen molar-refractivity contribution in [3.8, 4) is 10.6 Å². The predicted octanol–water partition coefficient (Wildman–Crippen LogP) is 1.30. The Labute approximate surface area is 119 Å². The van der Waals surface area contributed by atoms with E-state index in [0.29, 0.717) is 30.8 Å². The Hall–Kier alpha value is -2.15. The van der Waals surface area contributed by atoms with Crippen molar-refractivity contribution in [2.24, 2.45) is 0 Å². The van der Waals surface area contributed by atoms with Crippen LogP contribution in [0.5, 0.6) is 0 Å². The van der Waals surface area contributed by atoms with Gasteiger partial charge in [-0.05, 0) is 17.9 Å². The molecule has 6 nitrogen and oxygen atoms in total. The first-order valence-corrected chi connectivity index (χ1v) is 7.17. The van der Waals surface area contributed by atoms with Crippen LogP contribution in [0.15, 0.2) is 28.1 Å². The van der Waals surface area contributed by atoms with Gasteiger partial charge in [-0.1, -0.05) is 11.2 Å². The zero-order chi connectivity index (χ0) is 13.9. The van der Waals surface area contributed by atoms with Crippen molar-refractivity contribution in [2.75, 3.05) is 0 Å². The van der Waals surface area contributed by atoms with Gasteiger partial charge < -0.3 is 15.2 Å². The molecule has 104 valence electrons. The minimum absolute atomic E-state index is 0.0773. The van der Waals surface area contributed by atoms with E-state index in [2.05, 4.69) is 15.8 Å². The Bertz CT molecular complexity index is 621. The Morgan fingerprint density at radius 2 is 2.50 bits per heavy atom. The lowest BCUT2D eigenvalue weighted by atomic mass is 10.2. The molecule has 1 unspecified atom stereocenters. The van der Waals surface area contributed by atoms with Crippen molar-refractivity contribution < 1.29 is 14.1 Å². The van der Waals surface area contributed by atoms with Gasteiger partial charge >= 0.3 is 0 Å². The second-order valence-electron chi connectivity index (χ2n) is 4.54. The summed E-state index contributed by atoms with van der Waals surface area (Å²) in [6.45, 7) is 0.292. The third kappa shape index (κ3) is 2.72. The first kappa shape index (κ1) is 12.9. The predicted molar refractivity (Wildman–Crippen MR) is 72.8 cm³/mol. The van der Waals surface area contributed by atoms with Gasteiger partial charge in [0.05, 0.1) is 11.4 Å². The summed E-state index contributed by atoms with van der Waals surface area (Å²) in [7, 11) is 0. The minimum Gasteiger partial charge on any atom is -0.355 e. The maximum absolute atomic E-state index is 11.8. The average molecular weight is 291 g/mol. The highest BCUT2D eigenvalue weighted by atomic mass is 32.1. The number of amides is 2. The smallest absolute Gasteiger partial charge is 0.242 e. The molecule has 2 amide bonds. The first-order valence-electron chi connectivity index (χ1n) is 6.29. The van der Waals surface area contributed by atoms with Gasteiger partial charge in [0.15, 0.2) is 5.76 Å². The van der Waals surface area contributed by atoms with E-state index in [1.54, 1.807) is 17.4 Å². The highest BCUT2D eigenvalue weighted by molar-refractivity contribution is 7.13. The number of carbonyl (C=O) groups is 2. The Morgan fingerprint density at radius 1 is 1.60 bits per heavy atom. The molecule has 1 fully saturated rings. The van der Waals surface area contributed by atoms with Crippen LogP contribution in [0.1, 0.15) is 18.5 Å². The SMILES string of the molecule is O=C1CCC(C(=O)NCc2cc(-c3cccs3)on2)N1. The van der Waals surface area contributed by atoms with Crippen molar-refractivity contribution in [3.63, 3.8) is 0 Å². The van der Waals surface area contributed by atoms with Gasteiger partial charge in [-0.3, -0.25) is 9.59 Å². The summed E-state index contributed by atoms with van der Waals surface area (Å²) in [4.78, 5) is 23.9. The molecule has 2 aromatic rings. The molecule has 0 saturated carbocycles. The molecule has 0 spiro atoms. The van der Waals surface area contributed by atoms with Crippen LogP contribution in [0, 0.1) is 0 Å². The van der Waals surface area contributed by atoms with Gasteiger partial charge in [-0.15, -0.1) is 11.3 Å². The monoisotopic (exact) mass is 291 g/mol. The standard InChI is InChI=1S/C13H13N3O3S/c17-12-4-3-9(15-12)13(18)14-7-8-6-10(19-16-8)11-2-1-5-20-11/h1-2,5-6,9H,3-4,7H2,(H,14,18)(H,15,17). The molecule has 2 aromatic heterocycles. The lowest BCUT2D eigenvalue weighted by molar-refractivity contribution is -0.125. The molecule has 7 heteroatoms. The molecular weight excluding hydrogens is 278 g/mol. The minimum atomic E-state index is -0.425. The number of rotatable bonds is 4. The lowest BCUT2D eigenvalue weighted by Crippen LogP contribution is -2.41. The number of thiophene rings is 1. The first-order chi connectivity index (χ1) is 9.72. The van der Waals surface area contributed by atoms with Gasteiger partial charge in [0, 0.05) is 12.5 Å². The van der Waals surface area contributed by atoms with Crippen molar-refractivity contribution in [2.45, 2.75) is 25.4 Å². The van der Waals surface area contributed by atoms with Gasteiger partial charge in [0.25, 0.3) is 0 Å². The number of aromatic nitrogens is 1. The normalized spacial score (nSPS) is 18.0. The molecule has 1 aliphatic rings. The maximum atomic E-state index is 11.8. The van der Waals surface area contributed by atoms with E-state index < -0.39 is 6.04 Å². The van der Waals surface area contributed by atoms with Crippen molar-refractivity contribution in [1.29, 1.82) is 0 Å². The summed E-state index contributed by atoms with van der Waals surface area (Å²) in [5.41, 5.74) is 0.658. The lowest BCUT2D eigenvalue weighted by Gasteiger charge is -2.09. The van der Waals surface area contributed by atoms with Crippen molar-refractivity contribution in [1.82, 2.24) is 15.8 Å². The van der Waals surface area contributed by atoms with Gasteiger partial charge in [-0.2, -0.15) is 0 Å². The van der Waals surface area contributed by atoms with Gasteiger partial charge in [0.1, 0.15) is 11.7 Å². The fourth-order valence-electron chi connectivity index (χ4n) is 2.04. The van der Waals surface area contributed by atoms with Gasteiger partial charge in [0.2, 0.25) is 11.8 Å². The number of hydrogen-bond donors (Lipinski definition) is 2. The Balaban J connectivity index is 1.56. The average Bonchev–Trinajstić information content (AvgIpc) is 3.16. The molecule has 0 aromatic carbocycles. The van der Waals surface area contributed by atoms with E-state index in [9.17, 15) is 9.59 Å². The summed E-state index contributed by atoms with van der Waals surface area (Å²) >= 11 is 1.57. The highest BCUT2D eigenvalue weighted by Gasteiger charge is 2.26. The molecule has 1 atom stereocenters. The Kier molecular flexibility index (Phi) is 3.51. The molecule has 20 heavy (non-hydrogen) atoms. The van der Waals surface area contributed by atoms with Crippen LogP contribution < -0.4 is 10.6 Å². The zero-order valence-electron chi connectivity index (χ0n) is 10.6. The fraction of sp³-hybridized carbons (Fsp3) is 0.308. The van der Waals surface area contributed by atoms with E-state index in [1.807, 2.05) is 17.5 Å². The van der Waals surface area contributed by atoms with Crippen LogP contribution in [-0.4, -0.2) is 23.0 Å². The zero-order valence-corrected chi connectivity index (χ0v) is 11.4. The fourth-order valence-corrected chi connectivity index (χ4v) is 2.71. The largest absolute Gasteiger partial charge is 0.355 e. The second-order valence-corrected chi connectivity index (χ2v) is 5.48. The third-order valence-corrected chi connectivity index (χ3v) is 3.96. The molecular formula is C13H13N3O3S. The summed E-state index contributed by atoms with van der Waals surface area (Å²) in [6.07, 6.45) is 0.953. The van der Waals surface area contributed by atoms with Crippen molar-refractivity contribution in [3.05, 3.63) is 29.3 Å². The van der Waals surface area contributed by atoms with Crippen LogP contribution in [0.4, 0.5) is 0 Å². The van der Waals surface area contributed by atoms with Crippen LogP contribution in [0.3, 0.4) is 0 Å². The summed E-state index contributed by atoms with van der Waals surface area (Å²) in [6, 6.07) is 5.26. The molecule has 3 heterocycles. The van der Waals surface area contributed by atoms with Gasteiger partial charge in [-0.25, -0.2) is 0 Å². The number of hydrogen-bond acceptors (Lipinski definition) is 5. The van der Waals surface area contributed by atoms with Crippen LogP contribution in [0.25, 0.3) is 10.6 Å². The molecule has 0 radical (unpaired) electrons. The van der Waals surface area contributed by atoms with Crippen LogP contribution in [0.2, 0.25) is 0 Å². The summed E-state index contributed by atoms with van der Waals surface area (Å²) < 4.78 is 5.22. The summed E-state index contributed by atoms with van der Waals surface area (Å²) in [5, 5.41) is 11.2. The van der Waals surface area contributed by atoms with Crippen molar-refractivity contribution >= 4 is 23.2 Å². The van der Waals surface area contributed by atoms with E-state index >= 15 is 0 Å². The van der Waals surface area contributed by atoms with E-state index in [4.69, 9.17) is 4.52 Å². The molecule has 0 aliphatic carbocycles. The van der Waals surface area contributed by atoms with E-state index in [-0.39, 0.29) is 11.8 Å². The maximum Gasteiger partial charge on any atom is 0.242 e. The van der Waals surface area contributed by atoms with E-state index in [1.165, 1.54) is 0 Å². The summed E-state index contributed by atoms with van der Waals surface area (Å²) in [5.74, 6) is 0.432. The third-order valence-electron chi connectivity index (χ3n) is 3.08.